The van der Waals surface area contributed by atoms with Gasteiger partial charge < -0.3 is 4.74 Å². The number of rotatable bonds is 4. The topological polar surface area (TPSA) is 68.3 Å². The van der Waals surface area contributed by atoms with Crippen molar-refractivity contribution >= 4 is 47.7 Å². The Morgan fingerprint density at radius 2 is 1.95 bits per heavy atom. The van der Waals surface area contributed by atoms with Gasteiger partial charge in [0.1, 0.15) is 16.5 Å². The number of aromatic nitrogens is 1. The standard InChI is InChI=1S/C13H12Br2N2O3S/c1-8-5-13(16-7-10(8)15)17-21(18,19)12-6-9(14)3-4-11(12)20-2/h3-7H,1-2H3,(H,16,17). The number of aryl methyl sites for hydroxylation is 1. The van der Waals surface area contributed by atoms with Crippen LogP contribution in [0.5, 0.6) is 5.75 Å². The van der Waals surface area contributed by atoms with E-state index < -0.39 is 10.0 Å². The van der Waals surface area contributed by atoms with Gasteiger partial charge in [-0.05, 0) is 52.7 Å². The van der Waals surface area contributed by atoms with Crippen LogP contribution in [0.1, 0.15) is 5.56 Å². The van der Waals surface area contributed by atoms with E-state index in [0.29, 0.717) is 4.47 Å². The van der Waals surface area contributed by atoms with E-state index in [1.807, 2.05) is 6.92 Å². The molecule has 1 aromatic carbocycles. The van der Waals surface area contributed by atoms with E-state index >= 15 is 0 Å². The highest BCUT2D eigenvalue weighted by Gasteiger charge is 2.20. The van der Waals surface area contributed by atoms with Crippen LogP contribution in [0.4, 0.5) is 5.82 Å². The number of benzene rings is 1. The van der Waals surface area contributed by atoms with Crippen molar-refractivity contribution in [2.75, 3.05) is 11.8 Å². The molecule has 0 aliphatic carbocycles. The molecule has 2 aromatic rings. The second-order valence-electron chi connectivity index (χ2n) is 4.22. The maximum Gasteiger partial charge on any atom is 0.266 e. The molecule has 21 heavy (non-hydrogen) atoms. The minimum Gasteiger partial charge on any atom is -0.495 e. The molecular formula is C13H12Br2N2O3S. The molecule has 0 bridgehead atoms. The zero-order valence-electron chi connectivity index (χ0n) is 11.2. The first-order valence-electron chi connectivity index (χ1n) is 5.82. The number of hydrogen-bond donors (Lipinski definition) is 1. The molecule has 1 aromatic heterocycles. The third-order valence-corrected chi connectivity index (χ3v) is 5.40. The first-order valence-corrected chi connectivity index (χ1v) is 8.89. The largest absolute Gasteiger partial charge is 0.495 e. The molecule has 5 nitrogen and oxygen atoms in total. The quantitative estimate of drug-likeness (QED) is 0.794. The van der Waals surface area contributed by atoms with Gasteiger partial charge in [-0.2, -0.15) is 0 Å². The predicted octanol–water partition coefficient (Wildman–Crippen LogP) is 3.72. The Bertz CT molecular complexity index is 779. The van der Waals surface area contributed by atoms with Crippen LogP contribution >= 0.6 is 31.9 Å². The Hall–Kier alpha value is -1.12. The van der Waals surface area contributed by atoms with Gasteiger partial charge in [0.15, 0.2) is 0 Å². The fourth-order valence-corrected chi connectivity index (χ4v) is 3.57. The van der Waals surface area contributed by atoms with Crippen LogP contribution in [0, 0.1) is 6.92 Å². The van der Waals surface area contributed by atoms with Crippen LogP contribution in [0.3, 0.4) is 0 Å². The third kappa shape index (κ3) is 3.75. The van der Waals surface area contributed by atoms with Gasteiger partial charge in [0.25, 0.3) is 10.0 Å². The van der Waals surface area contributed by atoms with Gasteiger partial charge in [0.2, 0.25) is 0 Å². The molecule has 0 saturated heterocycles. The second-order valence-corrected chi connectivity index (χ2v) is 7.64. The Labute approximate surface area is 140 Å². The summed E-state index contributed by atoms with van der Waals surface area (Å²) in [7, 11) is -2.37. The summed E-state index contributed by atoms with van der Waals surface area (Å²) in [6.45, 7) is 1.85. The Balaban J connectivity index is 2.42. The van der Waals surface area contributed by atoms with Crippen LogP contribution < -0.4 is 9.46 Å². The first kappa shape index (κ1) is 16.3. The first-order chi connectivity index (χ1) is 9.83. The summed E-state index contributed by atoms with van der Waals surface area (Å²) in [5.41, 5.74) is 0.879. The molecule has 0 aliphatic heterocycles. The molecule has 0 unspecified atom stereocenters. The predicted molar refractivity (Wildman–Crippen MR) is 88.2 cm³/mol. The lowest BCUT2D eigenvalue weighted by Crippen LogP contribution is -2.15. The Morgan fingerprint density at radius 3 is 2.57 bits per heavy atom. The number of anilines is 1. The van der Waals surface area contributed by atoms with E-state index in [1.165, 1.54) is 13.2 Å². The van der Waals surface area contributed by atoms with E-state index in [9.17, 15) is 8.42 Å². The number of ether oxygens (including phenoxy) is 1. The maximum atomic E-state index is 12.5. The minimum absolute atomic E-state index is 0.0433. The molecule has 0 aliphatic rings. The van der Waals surface area contributed by atoms with Crippen molar-refractivity contribution in [3.05, 3.63) is 45.0 Å². The second kappa shape index (κ2) is 6.33. The van der Waals surface area contributed by atoms with Crippen molar-refractivity contribution in [1.29, 1.82) is 0 Å². The molecule has 0 atom stereocenters. The smallest absolute Gasteiger partial charge is 0.266 e. The molecule has 0 amide bonds. The zero-order valence-corrected chi connectivity index (χ0v) is 15.2. The summed E-state index contributed by atoms with van der Waals surface area (Å²) >= 11 is 6.58. The van der Waals surface area contributed by atoms with E-state index in [2.05, 4.69) is 41.6 Å². The SMILES string of the molecule is COc1ccc(Br)cc1S(=O)(=O)Nc1cc(C)c(Br)cn1. The van der Waals surface area contributed by atoms with Gasteiger partial charge >= 0.3 is 0 Å². The number of sulfonamides is 1. The highest BCUT2D eigenvalue weighted by atomic mass is 79.9. The summed E-state index contributed by atoms with van der Waals surface area (Å²) < 4.78 is 33.9. The molecule has 112 valence electrons. The van der Waals surface area contributed by atoms with Gasteiger partial charge in [0.05, 0.1) is 7.11 Å². The molecule has 0 saturated carbocycles. The van der Waals surface area contributed by atoms with Crippen molar-refractivity contribution in [1.82, 2.24) is 4.98 Å². The Morgan fingerprint density at radius 1 is 1.24 bits per heavy atom. The lowest BCUT2D eigenvalue weighted by molar-refractivity contribution is 0.403. The van der Waals surface area contributed by atoms with Gasteiger partial charge in [-0.25, -0.2) is 13.4 Å². The molecule has 2 rings (SSSR count). The van der Waals surface area contributed by atoms with Gasteiger partial charge in [-0.15, -0.1) is 0 Å². The van der Waals surface area contributed by atoms with E-state index in [4.69, 9.17) is 4.74 Å². The van der Waals surface area contributed by atoms with E-state index in [1.54, 1.807) is 24.4 Å². The van der Waals surface area contributed by atoms with Crippen LogP contribution in [0.25, 0.3) is 0 Å². The highest BCUT2D eigenvalue weighted by molar-refractivity contribution is 9.10. The van der Waals surface area contributed by atoms with Crippen LogP contribution in [0.15, 0.2) is 44.3 Å². The number of methoxy groups -OCH3 is 1. The summed E-state index contributed by atoms with van der Waals surface area (Å²) in [6, 6.07) is 6.41. The summed E-state index contributed by atoms with van der Waals surface area (Å²) in [4.78, 5) is 4.08. The molecule has 1 N–H and O–H groups in total. The van der Waals surface area contributed by atoms with Crippen molar-refractivity contribution in [3.63, 3.8) is 0 Å². The fraction of sp³-hybridized carbons (Fsp3) is 0.154. The van der Waals surface area contributed by atoms with Crippen LogP contribution in [0.2, 0.25) is 0 Å². The van der Waals surface area contributed by atoms with Crippen molar-refractivity contribution in [2.24, 2.45) is 0 Å². The lowest BCUT2D eigenvalue weighted by Gasteiger charge is -2.12. The van der Waals surface area contributed by atoms with Gasteiger partial charge in [-0.1, -0.05) is 15.9 Å². The highest BCUT2D eigenvalue weighted by Crippen LogP contribution is 2.29. The molecule has 0 fully saturated rings. The zero-order chi connectivity index (χ0) is 15.6. The monoisotopic (exact) mass is 434 g/mol. The molecule has 0 radical (unpaired) electrons. The van der Waals surface area contributed by atoms with Gasteiger partial charge in [-0.3, -0.25) is 4.72 Å². The lowest BCUT2D eigenvalue weighted by atomic mass is 10.3. The third-order valence-electron chi connectivity index (χ3n) is 2.70. The summed E-state index contributed by atoms with van der Waals surface area (Å²) in [5, 5.41) is 0. The molecule has 0 spiro atoms. The van der Waals surface area contributed by atoms with E-state index in [0.717, 1.165) is 10.0 Å². The van der Waals surface area contributed by atoms with Crippen LogP contribution in [-0.2, 0) is 10.0 Å². The maximum absolute atomic E-state index is 12.5. The van der Waals surface area contributed by atoms with Crippen molar-refractivity contribution in [3.8, 4) is 5.75 Å². The fourth-order valence-electron chi connectivity index (χ4n) is 1.65. The number of nitrogens with zero attached hydrogens (tertiary/aromatic N) is 1. The van der Waals surface area contributed by atoms with E-state index in [-0.39, 0.29) is 16.5 Å². The molecular weight excluding hydrogens is 424 g/mol. The van der Waals surface area contributed by atoms with Gasteiger partial charge in [0, 0.05) is 15.1 Å². The number of pyridine rings is 1. The number of hydrogen-bond acceptors (Lipinski definition) is 4. The molecule has 1 heterocycles. The minimum atomic E-state index is -3.79. The van der Waals surface area contributed by atoms with Crippen LogP contribution in [-0.4, -0.2) is 20.5 Å². The normalized spacial score (nSPS) is 11.2. The number of nitrogens with one attached hydrogen (secondary N) is 1. The summed E-state index contributed by atoms with van der Waals surface area (Å²) in [6.07, 6.45) is 1.55. The molecule has 8 heteroatoms. The summed E-state index contributed by atoms with van der Waals surface area (Å²) in [5.74, 6) is 0.511. The average Bonchev–Trinajstić information content (AvgIpc) is 2.42. The number of halogens is 2. The average molecular weight is 436 g/mol. The van der Waals surface area contributed by atoms with Crippen molar-refractivity contribution in [2.45, 2.75) is 11.8 Å². The Kier molecular flexibility index (Phi) is 4.90. The van der Waals surface area contributed by atoms with Crippen molar-refractivity contribution < 1.29 is 13.2 Å².